The summed E-state index contributed by atoms with van der Waals surface area (Å²) in [4.78, 5) is 15.0. The van der Waals surface area contributed by atoms with E-state index in [0.717, 1.165) is 33.3 Å². The molecule has 0 radical (unpaired) electrons. The van der Waals surface area contributed by atoms with Gasteiger partial charge in [-0.3, -0.25) is 4.98 Å². The minimum absolute atomic E-state index is 0.162. The first-order chi connectivity index (χ1) is 18.1. The molecule has 0 aliphatic carbocycles. The van der Waals surface area contributed by atoms with Crippen molar-refractivity contribution >= 4 is 27.5 Å². The number of benzene rings is 3. The zero-order valence-corrected chi connectivity index (χ0v) is 20.9. The van der Waals surface area contributed by atoms with Crippen molar-refractivity contribution in [1.82, 2.24) is 15.0 Å². The van der Waals surface area contributed by atoms with Crippen LogP contribution in [0.4, 0.5) is 5.82 Å². The van der Waals surface area contributed by atoms with Crippen molar-refractivity contribution in [1.29, 1.82) is 0 Å². The maximum atomic E-state index is 6.36. The molecule has 1 aliphatic rings. The second kappa shape index (κ2) is 9.79. The Kier molecular flexibility index (Phi) is 6.19. The molecule has 1 fully saturated rings. The highest BCUT2D eigenvalue weighted by molar-refractivity contribution is 8.24. The van der Waals surface area contributed by atoms with E-state index in [2.05, 4.69) is 28.5 Å². The number of aromatic nitrogens is 3. The largest absolute Gasteiger partial charge is 0.495 e. The summed E-state index contributed by atoms with van der Waals surface area (Å²) in [6.45, 7) is 0.677. The molecule has 9 heteroatoms. The van der Waals surface area contributed by atoms with Crippen molar-refractivity contribution in [2.24, 2.45) is 5.14 Å². The highest BCUT2D eigenvalue weighted by atomic mass is 32.3. The van der Waals surface area contributed by atoms with Crippen LogP contribution in [-0.4, -0.2) is 28.9 Å². The Bertz CT molecular complexity index is 1560. The molecular weight excluding hydrogens is 486 g/mol. The summed E-state index contributed by atoms with van der Waals surface area (Å²) in [5, 5.41) is 10.8. The zero-order valence-electron chi connectivity index (χ0n) is 20.1. The molecule has 5 aromatic rings. The van der Waals surface area contributed by atoms with Crippen LogP contribution in [0.5, 0.6) is 5.75 Å². The van der Waals surface area contributed by atoms with Gasteiger partial charge in [0.05, 0.1) is 30.3 Å². The monoisotopic (exact) mass is 511 g/mol. The number of nitrogens with one attached hydrogen (secondary N) is 1. The van der Waals surface area contributed by atoms with E-state index < -0.39 is 10.8 Å². The topological polar surface area (TPSA) is 104 Å². The summed E-state index contributed by atoms with van der Waals surface area (Å²) in [7, 11) is -0.742. The summed E-state index contributed by atoms with van der Waals surface area (Å²) in [6, 6.07) is 27.8. The average Bonchev–Trinajstić information content (AvgIpc) is 2.94. The lowest BCUT2D eigenvalue weighted by molar-refractivity contribution is 0.0458. The van der Waals surface area contributed by atoms with E-state index in [9.17, 15) is 0 Å². The molecule has 0 atom stereocenters. The minimum atomic E-state index is -2.34. The van der Waals surface area contributed by atoms with Crippen LogP contribution in [-0.2, 0) is 14.9 Å². The van der Waals surface area contributed by atoms with Crippen molar-refractivity contribution < 1.29 is 13.1 Å². The number of hydrogen-bond acceptors (Lipinski definition) is 8. The summed E-state index contributed by atoms with van der Waals surface area (Å²) in [5.41, 5.74) is 4.64. The van der Waals surface area contributed by atoms with Gasteiger partial charge in [0.15, 0.2) is 12.6 Å². The van der Waals surface area contributed by atoms with Gasteiger partial charge in [0.1, 0.15) is 16.5 Å². The Morgan fingerprint density at radius 1 is 0.919 bits per heavy atom. The molecule has 2 aromatic heterocycles. The quantitative estimate of drug-likeness (QED) is 0.280. The zero-order chi connectivity index (χ0) is 25.2. The maximum Gasteiger partial charge on any atom is 0.197 e. The average molecular weight is 512 g/mol. The summed E-state index contributed by atoms with van der Waals surface area (Å²) >= 11 is 0. The normalized spacial score (nSPS) is 15.1. The van der Waals surface area contributed by atoms with Crippen molar-refractivity contribution in [2.75, 3.05) is 19.2 Å². The fourth-order valence-electron chi connectivity index (χ4n) is 4.29. The fraction of sp³-hybridized carbons (Fsp3) is 0.107. The lowest BCUT2D eigenvalue weighted by Crippen LogP contribution is -2.29. The van der Waals surface area contributed by atoms with E-state index in [-0.39, 0.29) is 6.79 Å². The Hall–Kier alpha value is -4.02. The standard InChI is InChI=1S/C28H25N5O3S/c1-34-24-14-13-20(16-25(24)37(29)35-18-36-37)27-32-23-12-7-11-22(19-8-3-2-4-9-19)26(23)28(33-27)31-17-21-10-5-6-15-30-21/h2-16H,17-18,29H2,1H3,(H,31,32,33). The first kappa shape index (κ1) is 23.4. The molecule has 0 saturated carbocycles. The van der Waals surface area contributed by atoms with Crippen LogP contribution < -0.4 is 15.2 Å². The van der Waals surface area contributed by atoms with Gasteiger partial charge in [0.2, 0.25) is 0 Å². The van der Waals surface area contributed by atoms with Crippen LogP contribution in [0.15, 0.2) is 96.0 Å². The lowest BCUT2D eigenvalue weighted by Gasteiger charge is -2.46. The van der Waals surface area contributed by atoms with E-state index in [0.29, 0.717) is 28.8 Å². The number of rotatable bonds is 7. The third kappa shape index (κ3) is 4.49. The van der Waals surface area contributed by atoms with Gasteiger partial charge in [-0.15, -0.1) is 0 Å². The predicted octanol–water partition coefficient (Wildman–Crippen LogP) is 5.85. The second-order valence-corrected chi connectivity index (χ2v) is 10.4. The van der Waals surface area contributed by atoms with Crippen molar-refractivity contribution in [2.45, 2.75) is 11.4 Å². The molecule has 6 rings (SSSR count). The Morgan fingerprint density at radius 2 is 1.76 bits per heavy atom. The van der Waals surface area contributed by atoms with Crippen LogP contribution in [0.3, 0.4) is 0 Å². The molecule has 0 amide bonds. The molecule has 3 heterocycles. The van der Waals surface area contributed by atoms with Crippen LogP contribution in [0.2, 0.25) is 0 Å². The Morgan fingerprint density at radius 3 is 2.49 bits per heavy atom. The molecule has 3 aromatic carbocycles. The van der Waals surface area contributed by atoms with E-state index in [1.807, 2.05) is 66.7 Å². The number of anilines is 1. The third-order valence-electron chi connectivity index (χ3n) is 6.15. The summed E-state index contributed by atoms with van der Waals surface area (Å²) < 4.78 is 16.7. The molecular formula is C28H25N5O3S. The Labute approximate surface area is 216 Å². The molecule has 1 aliphatic heterocycles. The van der Waals surface area contributed by atoms with E-state index in [1.165, 1.54) is 0 Å². The number of nitrogens with two attached hydrogens (primary N) is 1. The summed E-state index contributed by atoms with van der Waals surface area (Å²) in [6.07, 6.45) is 1.78. The lowest BCUT2D eigenvalue weighted by atomic mass is 10.0. The fourth-order valence-corrected chi connectivity index (χ4v) is 5.57. The van der Waals surface area contributed by atoms with Crippen molar-refractivity contribution in [3.63, 3.8) is 0 Å². The third-order valence-corrected chi connectivity index (χ3v) is 7.97. The number of hydrogen-bond donors (Lipinski definition) is 2. The van der Waals surface area contributed by atoms with Crippen LogP contribution in [0.25, 0.3) is 33.4 Å². The molecule has 3 N–H and O–H groups in total. The minimum Gasteiger partial charge on any atom is -0.495 e. The van der Waals surface area contributed by atoms with Gasteiger partial charge >= 0.3 is 0 Å². The predicted molar refractivity (Wildman–Crippen MR) is 146 cm³/mol. The van der Waals surface area contributed by atoms with Crippen molar-refractivity contribution in [3.8, 4) is 28.3 Å². The number of nitrogens with zero attached hydrogens (tertiary/aromatic N) is 3. The van der Waals surface area contributed by atoms with Gasteiger partial charge in [-0.1, -0.05) is 59.3 Å². The first-order valence-electron chi connectivity index (χ1n) is 11.7. The van der Waals surface area contributed by atoms with Crippen LogP contribution in [0.1, 0.15) is 5.69 Å². The van der Waals surface area contributed by atoms with Gasteiger partial charge < -0.3 is 10.1 Å². The van der Waals surface area contributed by atoms with E-state index in [4.69, 9.17) is 28.2 Å². The van der Waals surface area contributed by atoms with E-state index >= 15 is 0 Å². The molecule has 186 valence electrons. The summed E-state index contributed by atoms with van der Waals surface area (Å²) in [5.74, 6) is 1.86. The SMILES string of the molecule is COc1ccc(-c2nc(NCc3ccccn3)c3c(-c4ccccc4)cccc3n2)cc1S1(N)OCO1. The molecule has 0 spiro atoms. The molecule has 1 saturated heterocycles. The van der Waals surface area contributed by atoms with Crippen LogP contribution >= 0.6 is 10.8 Å². The number of methoxy groups -OCH3 is 1. The van der Waals surface area contributed by atoms with Gasteiger partial charge in [0.25, 0.3) is 0 Å². The van der Waals surface area contributed by atoms with Crippen LogP contribution in [0, 0.1) is 0 Å². The van der Waals surface area contributed by atoms with Gasteiger partial charge in [-0.2, -0.15) is 0 Å². The van der Waals surface area contributed by atoms with Crippen molar-refractivity contribution in [3.05, 3.63) is 96.8 Å². The maximum absolute atomic E-state index is 6.36. The molecule has 0 unspecified atom stereocenters. The highest BCUT2D eigenvalue weighted by Gasteiger charge is 2.32. The molecule has 0 bridgehead atoms. The Balaban J connectivity index is 1.50. The van der Waals surface area contributed by atoms with Gasteiger partial charge in [-0.05, 0) is 47.5 Å². The smallest absolute Gasteiger partial charge is 0.197 e. The number of pyridine rings is 1. The van der Waals surface area contributed by atoms with Gasteiger partial charge in [-0.25, -0.2) is 23.5 Å². The first-order valence-corrected chi connectivity index (χ1v) is 13.3. The van der Waals surface area contributed by atoms with Gasteiger partial charge in [0, 0.05) is 11.8 Å². The van der Waals surface area contributed by atoms with E-state index in [1.54, 1.807) is 13.3 Å². The highest BCUT2D eigenvalue weighted by Crippen LogP contribution is 2.60. The second-order valence-electron chi connectivity index (χ2n) is 8.40. The molecule has 37 heavy (non-hydrogen) atoms. The molecule has 8 nitrogen and oxygen atoms in total. The number of ether oxygens (including phenoxy) is 1. The number of fused-ring (bicyclic) bond motifs is 1.